The predicted molar refractivity (Wildman–Crippen MR) is 72.9 cm³/mol. The quantitative estimate of drug-likeness (QED) is 0.883. The molecule has 0 unspecified atom stereocenters. The maximum Gasteiger partial charge on any atom is 0.227 e. The topological polar surface area (TPSA) is 49.3 Å². The lowest BCUT2D eigenvalue weighted by Gasteiger charge is -2.21. The molecular formula is C14H18ClNO2. The molecule has 1 aromatic rings. The summed E-state index contributed by atoms with van der Waals surface area (Å²) in [5, 5.41) is 13.6. The minimum Gasteiger partial charge on any atom is -0.389 e. The van der Waals surface area contributed by atoms with E-state index in [0.29, 0.717) is 10.7 Å². The number of anilines is 1. The van der Waals surface area contributed by atoms with Crippen LogP contribution in [-0.4, -0.2) is 16.6 Å². The number of nitrogens with one attached hydrogen (secondary N) is 1. The molecule has 1 saturated carbocycles. The van der Waals surface area contributed by atoms with E-state index in [9.17, 15) is 9.90 Å². The molecule has 0 heterocycles. The molecular weight excluding hydrogens is 250 g/mol. The summed E-state index contributed by atoms with van der Waals surface area (Å²) in [7, 11) is 0. The zero-order valence-electron chi connectivity index (χ0n) is 10.5. The average Bonchev–Trinajstić information content (AvgIpc) is 2.70. The SMILES string of the molecule is Cc1ccc(NC(=O)CC2(O)CCCC2)cc1Cl. The third kappa shape index (κ3) is 3.24. The van der Waals surface area contributed by atoms with Crippen LogP contribution in [-0.2, 0) is 4.79 Å². The Balaban J connectivity index is 1.96. The molecule has 1 aromatic carbocycles. The van der Waals surface area contributed by atoms with Crippen LogP contribution in [0.3, 0.4) is 0 Å². The molecule has 0 aromatic heterocycles. The Morgan fingerprint density at radius 3 is 2.72 bits per heavy atom. The van der Waals surface area contributed by atoms with Gasteiger partial charge < -0.3 is 10.4 Å². The molecule has 0 aliphatic heterocycles. The van der Waals surface area contributed by atoms with Gasteiger partial charge in [0.25, 0.3) is 0 Å². The van der Waals surface area contributed by atoms with Crippen LogP contribution in [0.5, 0.6) is 0 Å². The third-order valence-corrected chi connectivity index (χ3v) is 3.89. The van der Waals surface area contributed by atoms with Crippen molar-refractivity contribution in [3.05, 3.63) is 28.8 Å². The Kier molecular flexibility index (Phi) is 3.93. The first-order chi connectivity index (χ1) is 8.48. The van der Waals surface area contributed by atoms with Gasteiger partial charge in [0.15, 0.2) is 0 Å². The monoisotopic (exact) mass is 267 g/mol. The fraction of sp³-hybridized carbons (Fsp3) is 0.500. The molecule has 3 nitrogen and oxygen atoms in total. The van der Waals surface area contributed by atoms with Crippen LogP contribution in [0.1, 0.15) is 37.7 Å². The lowest BCUT2D eigenvalue weighted by molar-refractivity contribution is -0.120. The Morgan fingerprint density at radius 2 is 2.11 bits per heavy atom. The van der Waals surface area contributed by atoms with E-state index >= 15 is 0 Å². The lowest BCUT2D eigenvalue weighted by atomic mass is 9.97. The molecule has 18 heavy (non-hydrogen) atoms. The van der Waals surface area contributed by atoms with Crippen molar-refractivity contribution in [2.45, 2.75) is 44.6 Å². The van der Waals surface area contributed by atoms with Crippen molar-refractivity contribution in [2.24, 2.45) is 0 Å². The molecule has 1 aliphatic rings. The number of hydrogen-bond acceptors (Lipinski definition) is 2. The molecule has 2 rings (SSSR count). The van der Waals surface area contributed by atoms with Crippen LogP contribution in [0.15, 0.2) is 18.2 Å². The molecule has 0 spiro atoms. The summed E-state index contributed by atoms with van der Waals surface area (Å²) < 4.78 is 0. The van der Waals surface area contributed by atoms with Gasteiger partial charge in [-0.25, -0.2) is 0 Å². The van der Waals surface area contributed by atoms with Crippen molar-refractivity contribution in [1.29, 1.82) is 0 Å². The van der Waals surface area contributed by atoms with E-state index in [2.05, 4.69) is 5.32 Å². The summed E-state index contributed by atoms with van der Waals surface area (Å²) in [5.41, 5.74) is 0.847. The first-order valence-electron chi connectivity index (χ1n) is 6.27. The highest BCUT2D eigenvalue weighted by Gasteiger charge is 2.33. The summed E-state index contributed by atoms with van der Waals surface area (Å²) in [4.78, 5) is 11.9. The van der Waals surface area contributed by atoms with E-state index in [-0.39, 0.29) is 12.3 Å². The first-order valence-corrected chi connectivity index (χ1v) is 6.65. The average molecular weight is 268 g/mol. The van der Waals surface area contributed by atoms with Gasteiger partial charge in [0.2, 0.25) is 5.91 Å². The number of hydrogen-bond donors (Lipinski definition) is 2. The fourth-order valence-corrected chi connectivity index (χ4v) is 2.57. The summed E-state index contributed by atoms with van der Waals surface area (Å²) >= 11 is 5.99. The highest BCUT2D eigenvalue weighted by Crippen LogP contribution is 2.32. The van der Waals surface area contributed by atoms with Crippen LogP contribution in [0.25, 0.3) is 0 Å². The molecule has 1 amide bonds. The minimum atomic E-state index is -0.807. The minimum absolute atomic E-state index is 0.153. The van der Waals surface area contributed by atoms with Crippen molar-refractivity contribution >= 4 is 23.2 Å². The van der Waals surface area contributed by atoms with E-state index in [0.717, 1.165) is 31.2 Å². The van der Waals surface area contributed by atoms with E-state index in [1.807, 2.05) is 19.1 Å². The molecule has 1 aliphatic carbocycles. The second kappa shape index (κ2) is 5.29. The molecule has 0 atom stereocenters. The van der Waals surface area contributed by atoms with Gasteiger partial charge in [-0.15, -0.1) is 0 Å². The van der Waals surface area contributed by atoms with Crippen LogP contribution in [0.4, 0.5) is 5.69 Å². The van der Waals surface area contributed by atoms with Crippen molar-refractivity contribution in [3.63, 3.8) is 0 Å². The number of halogens is 1. The maximum atomic E-state index is 11.9. The fourth-order valence-electron chi connectivity index (χ4n) is 2.38. The Hall–Kier alpha value is -1.06. The summed E-state index contributed by atoms with van der Waals surface area (Å²) in [6, 6.07) is 5.41. The lowest BCUT2D eigenvalue weighted by Crippen LogP contribution is -2.30. The summed E-state index contributed by atoms with van der Waals surface area (Å²) in [6.45, 7) is 1.91. The van der Waals surface area contributed by atoms with E-state index in [1.54, 1.807) is 6.07 Å². The standard InChI is InChI=1S/C14H18ClNO2/c1-10-4-5-11(8-12(10)15)16-13(17)9-14(18)6-2-3-7-14/h4-5,8,18H,2-3,6-7,9H2,1H3,(H,16,17). The smallest absolute Gasteiger partial charge is 0.227 e. The van der Waals surface area contributed by atoms with Crippen molar-refractivity contribution < 1.29 is 9.90 Å². The van der Waals surface area contributed by atoms with Gasteiger partial charge >= 0.3 is 0 Å². The van der Waals surface area contributed by atoms with Crippen molar-refractivity contribution in [3.8, 4) is 0 Å². The van der Waals surface area contributed by atoms with E-state index in [1.165, 1.54) is 0 Å². The van der Waals surface area contributed by atoms with Crippen molar-refractivity contribution in [1.82, 2.24) is 0 Å². The third-order valence-electron chi connectivity index (χ3n) is 3.48. The van der Waals surface area contributed by atoms with Gasteiger partial charge in [-0.1, -0.05) is 30.5 Å². The maximum absolute atomic E-state index is 11.9. The molecule has 1 fully saturated rings. The van der Waals surface area contributed by atoms with Crippen LogP contribution in [0.2, 0.25) is 5.02 Å². The second-order valence-electron chi connectivity index (χ2n) is 5.12. The number of rotatable bonds is 3. The van der Waals surface area contributed by atoms with Gasteiger partial charge in [0.1, 0.15) is 0 Å². The number of amides is 1. The van der Waals surface area contributed by atoms with Gasteiger partial charge in [0, 0.05) is 10.7 Å². The molecule has 0 radical (unpaired) electrons. The Bertz CT molecular complexity index is 453. The number of carbonyl (C=O) groups is 1. The van der Waals surface area contributed by atoms with E-state index in [4.69, 9.17) is 11.6 Å². The highest BCUT2D eigenvalue weighted by molar-refractivity contribution is 6.31. The molecule has 2 N–H and O–H groups in total. The number of aryl methyl sites for hydroxylation is 1. The zero-order chi connectivity index (χ0) is 13.2. The predicted octanol–water partition coefficient (Wildman–Crippen LogP) is 3.28. The van der Waals surface area contributed by atoms with Crippen LogP contribution in [0, 0.1) is 6.92 Å². The zero-order valence-corrected chi connectivity index (χ0v) is 11.3. The highest BCUT2D eigenvalue weighted by atomic mass is 35.5. The first kappa shape index (κ1) is 13.4. The van der Waals surface area contributed by atoms with Gasteiger partial charge in [-0.3, -0.25) is 4.79 Å². The van der Waals surface area contributed by atoms with Crippen LogP contribution < -0.4 is 5.32 Å². The molecule has 0 bridgehead atoms. The number of aliphatic hydroxyl groups is 1. The summed E-state index contributed by atoms with van der Waals surface area (Å²) in [6.07, 6.45) is 3.60. The molecule has 98 valence electrons. The number of benzene rings is 1. The van der Waals surface area contributed by atoms with Crippen LogP contribution >= 0.6 is 11.6 Å². The normalized spacial score (nSPS) is 17.7. The Labute approximate surface area is 112 Å². The van der Waals surface area contributed by atoms with Gasteiger partial charge in [0.05, 0.1) is 12.0 Å². The van der Waals surface area contributed by atoms with Gasteiger partial charge in [-0.05, 0) is 37.5 Å². The number of carbonyl (C=O) groups excluding carboxylic acids is 1. The second-order valence-corrected chi connectivity index (χ2v) is 5.53. The Morgan fingerprint density at radius 1 is 1.44 bits per heavy atom. The largest absolute Gasteiger partial charge is 0.389 e. The van der Waals surface area contributed by atoms with E-state index < -0.39 is 5.60 Å². The molecule has 4 heteroatoms. The molecule has 0 saturated heterocycles. The summed E-state index contributed by atoms with van der Waals surface area (Å²) in [5.74, 6) is -0.153. The van der Waals surface area contributed by atoms with Gasteiger partial charge in [-0.2, -0.15) is 0 Å². The van der Waals surface area contributed by atoms with Crippen molar-refractivity contribution in [2.75, 3.05) is 5.32 Å².